The molecule has 1 rings (SSSR count). The Balaban J connectivity index is 2.98. The van der Waals surface area contributed by atoms with E-state index in [0.29, 0.717) is 25.9 Å². The monoisotopic (exact) mass is 690 g/mol. The summed E-state index contributed by atoms with van der Waals surface area (Å²) in [6, 6.07) is 0. The predicted molar refractivity (Wildman–Crippen MR) is 206 cm³/mol. The van der Waals surface area contributed by atoms with Gasteiger partial charge in [-0.1, -0.05) is 143 Å². The van der Waals surface area contributed by atoms with Gasteiger partial charge in [-0.15, -0.1) is 0 Å². The van der Waals surface area contributed by atoms with Crippen LogP contribution in [0.2, 0.25) is 0 Å². The zero-order chi connectivity index (χ0) is 35.6. The number of aromatic nitrogens is 2. The minimum Gasteiger partial charge on any atom is -0.461 e. The quantitative estimate of drug-likeness (QED) is 0.0516. The van der Waals surface area contributed by atoms with Crippen LogP contribution in [0.4, 0.5) is 0 Å². The Morgan fingerprint density at radius 3 is 1.39 bits per heavy atom. The molecule has 7 nitrogen and oxygen atoms in total. The van der Waals surface area contributed by atoms with Gasteiger partial charge in [-0.05, 0) is 44.9 Å². The fraction of sp³-hybridized carbons (Fsp3) is 0.881. The summed E-state index contributed by atoms with van der Waals surface area (Å²) in [6.07, 6.45) is 35.1. The molecule has 0 spiro atoms. The van der Waals surface area contributed by atoms with Gasteiger partial charge in [0.1, 0.15) is 12.2 Å². The maximum atomic E-state index is 13.1. The SMILES string of the molecule is CCCCCCCCC(CN(CCCn1ccnc1)CC(CCCCCCCC)OC(=O)CCCCCCC)OC(=O)CCCCCCC. The Bertz CT molecular complexity index is 812. The number of hydrogen-bond acceptors (Lipinski definition) is 6. The molecular formula is C42H79N3O4. The average molecular weight is 690 g/mol. The number of hydrogen-bond donors (Lipinski definition) is 0. The lowest BCUT2D eigenvalue weighted by atomic mass is 10.0. The highest BCUT2D eigenvalue weighted by Gasteiger charge is 2.23. The van der Waals surface area contributed by atoms with Crippen LogP contribution in [0, 0.1) is 0 Å². The molecule has 7 heteroatoms. The number of esters is 2. The maximum absolute atomic E-state index is 13.1. The molecular weight excluding hydrogens is 610 g/mol. The van der Waals surface area contributed by atoms with Crippen LogP contribution in [-0.2, 0) is 25.6 Å². The lowest BCUT2D eigenvalue weighted by molar-refractivity contribution is -0.152. The van der Waals surface area contributed by atoms with Crippen LogP contribution < -0.4 is 0 Å². The van der Waals surface area contributed by atoms with Crippen molar-refractivity contribution in [1.82, 2.24) is 14.5 Å². The van der Waals surface area contributed by atoms with Gasteiger partial charge in [-0.25, -0.2) is 4.98 Å². The average Bonchev–Trinajstić information content (AvgIpc) is 3.61. The predicted octanol–water partition coefficient (Wildman–Crippen LogP) is 11.6. The smallest absolute Gasteiger partial charge is 0.306 e. The first-order valence-electron chi connectivity index (χ1n) is 21.1. The van der Waals surface area contributed by atoms with Crippen molar-refractivity contribution in [2.45, 2.75) is 220 Å². The largest absolute Gasteiger partial charge is 0.461 e. The van der Waals surface area contributed by atoms with Crippen LogP contribution in [0.3, 0.4) is 0 Å². The van der Waals surface area contributed by atoms with Gasteiger partial charge in [0, 0.05) is 51.4 Å². The second-order valence-corrected chi connectivity index (χ2v) is 14.6. The van der Waals surface area contributed by atoms with Crippen molar-refractivity contribution >= 4 is 11.9 Å². The summed E-state index contributed by atoms with van der Waals surface area (Å²) in [5, 5.41) is 0. The number of unbranched alkanes of at least 4 members (excludes halogenated alkanes) is 18. The molecule has 0 radical (unpaired) electrons. The molecule has 2 unspecified atom stereocenters. The van der Waals surface area contributed by atoms with E-state index >= 15 is 0 Å². The summed E-state index contributed by atoms with van der Waals surface area (Å²) in [6.45, 7) is 12.1. The van der Waals surface area contributed by atoms with Crippen molar-refractivity contribution in [2.75, 3.05) is 19.6 Å². The normalized spacial score (nSPS) is 12.8. The van der Waals surface area contributed by atoms with Crippen molar-refractivity contribution in [1.29, 1.82) is 0 Å². The molecule has 2 atom stereocenters. The second-order valence-electron chi connectivity index (χ2n) is 14.6. The number of carbonyl (C=O) groups is 2. The highest BCUT2D eigenvalue weighted by atomic mass is 16.5. The van der Waals surface area contributed by atoms with Crippen molar-refractivity contribution < 1.29 is 19.1 Å². The molecule has 0 amide bonds. The first kappa shape index (κ1) is 45.1. The van der Waals surface area contributed by atoms with Crippen LogP contribution in [0.25, 0.3) is 0 Å². The Morgan fingerprint density at radius 2 is 0.980 bits per heavy atom. The molecule has 1 aromatic rings. The number of carbonyl (C=O) groups excluding carboxylic acids is 2. The molecule has 0 bridgehead atoms. The molecule has 0 N–H and O–H groups in total. The molecule has 0 saturated carbocycles. The third-order valence-corrected chi connectivity index (χ3v) is 9.70. The topological polar surface area (TPSA) is 73.7 Å². The van der Waals surface area contributed by atoms with Gasteiger partial charge in [0.15, 0.2) is 0 Å². The first-order chi connectivity index (χ1) is 24.0. The van der Waals surface area contributed by atoms with Crippen LogP contribution in [0.1, 0.15) is 201 Å². The summed E-state index contributed by atoms with van der Waals surface area (Å²) in [4.78, 5) is 32.8. The molecule has 1 heterocycles. The third-order valence-electron chi connectivity index (χ3n) is 9.70. The van der Waals surface area contributed by atoms with Gasteiger partial charge in [-0.2, -0.15) is 0 Å². The Morgan fingerprint density at radius 1 is 0.571 bits per heavy atom. The molecule has 0 aromatic carbocycles. The summed E-state index contributed by atoms with van der Waals surface area (Å²) in [7, 11) is 0. The zero-order valence-electron chi connectivity index (χ0n) is 32.8. The van der Waals surface area contributed by atoms with Gasteiger partial charge in [0.05, 0.1) is 6.33 Å². The molecule has 286 valence electrons. The van der Waals surface area contributed by atoms with Crippen molar-refractivity contribution in [3.05, 3.63) is 18.7 Å². The number of nitrogens with zero attached hydrogens (tertiary/aromatic N) is 3. The summed E-state index contributed by atoms with van der Waals surface area (Å²) in [5.74, 6) is -0.104. The summed E-state index contributed by atoms with van der Waals surface area (Å²) in [5.41, 5.74) is 0. The van der Waals surface area contributed by atoms with Crippen molar-refractivity contribution in [3.63, 3.8) is 0 Å². The third kappa shape index (κ3) is 27.5. The fourth-order valence-electron chi connectivity index (χ4n) is 6.64. The van der Waals surface area contributed by atoms with E-state index in [4.69, 9.17) is 9.47 Å². The summed E-state index contributed by atoms with van der Waals surface area (Å²) >= 11 is 0. The number of rotatable bonds is 36. The van der Waals surface area contributed by atoms with Crippen LogP contribution in [-0.4, -0.2) is 58.2 Å². The van der Waals surface area contributed by atoms with Crippen molar-refractivity contribution in [3.8, 4) is 0 Å². The molecule has 0 aliphatic heterocycles. The van der Waals surface area contributed by atoms with E-state index in [9.17, 15) is 9.59 Å². The van der Waals surface area contributed by atoms with Crippen LogP contribution in [0.5, 0.6) is 0 Å². The Hall–Kier alpha value is -1.89. The van der Waals surface area contributed by atoms with E-state index in [2.05, 4.69) is 42.1 Å². The minimum absolute atomic E-state index is 0.0519. The van der Waals surface area contributed by atoms with Gasteiger partial charge >= 0.3 is 11.9 Å². The maximum Gasteiger partial charge on any atom is 0.306 e. The van der Waals surface area contributed by atoms with Gasteiger partial charge in [-0.3, -0.25) is 14.5 Å². The lowest BCUT2D eigenvalue weighted by Crippen LogP contribution is -2.41. The van der Waals surface area contributed by atoms with E-state index in [1.165, 1.54) is 103 Å². The standard InChI is InChI=1S/C42H79N3O4/c1-5-9-13-17-21-23-28-39(48-41(46)30-25-19-15-11-7-3)36-45(34-27-33-44-35-32-43-38-44)37-40(29-24-22-18-14-10-6-2)49-42(47)31-26-20-16-12-8-4/h32,35,38-40H,5-31,33-34,36-37H2,1-4H3. The highest BCUT2D eigenvalue weighted by molar-refractivity contribution is 5.69. The van der Waals surface area contributed by atoms with Gasteiger partial charge < -0.3 is 14.0 Å². The molecule has 0 aliphatic rings. The Kier molecular flexibility index (Phi) is 30.6. The lowest BCUT2D eigenvalue weighted by Gasteiger charge is -2.31. The van der Waals surface area contributed by atoms with Crippen LogP contribution in [0.15, 0.2) is 18.7 Å². The zero-order valence-corrected chi connectivity index (χ0v) is 32.8. The minimum atomic E-state index is -0.133. The van der Waals surface area contributed by atoms with Gasteiger partial charge in [0.2, 0.25) is 0 Å². The van der Waals surface area contributed by atoms with Gasteiger partial charge in [0.25, 0.3) is 0 Å². The molecule has 0 fully saturated rings. The summed E-state index contributed by atoms with van der Waals surface area (Å²) < 4.78 is 14.6. The van der Waals surface area contributed by atoms with E-state index in [1.807, 2.05) is 18.7 Å². The highest BCUT2D eigenvalue weighted by Crippen LogP contribution is 2.18. The van der Waals surface area contributed by atoms with Crippen molar-refractivity contribution in [2.24, 2.45) is 0 Å². The van der Waals surface area contributed by atoms with E-state index in [1.54, 1.807) is 0 Å². The Labute approximate surface area is 303 Å². The van der Waals surface area contributed by atoms with E-state index in [0.717, 1.165) is 70.9 Å². The number of imidazole rings is 1. The number of ether oxygens (including phenoxy) is 2. The molecule has 1 aromatic heterocycles. The fourth-order valence-corrected chi connectivity index (χ4v) is 6.64. The van der Waals surface area contributed by atoms with Crippen LogP contribution >= 0.6 is 0 Å². The van der Waals surface area contributed by atoms with E-state index in [-0.39, 0.29) is 24.1 Å². The first-order valence-corrected chi connectivity index (χ1v) is 21.1. The number of aryl methyl sites for hydroxylation is 1. The van der Waals surface area contributed by atoms with E-state index < -0.39 is 0 Å². The second kappa shape index (κ2) is 33.3. The molecule has 49 heavy (non-hydrogen) atoms. The molecule has 0 saturated heterocycles. The molecule has 0 aliphatic carbocycles.